The molecule has 136 valence electrons. The summed E-state index contributed by atoms with van der Waals surface area (Å²) in [6.45, 7) is 7.79. The minimum absolute atomic E-state index is 0.127. The highest BCUT2D eigenvalue weighted by Crippen LogP contribution is 2.26. The second-order valence-electron chi connectivity index (χ2n) is 7.17. The summed E-state index contributed by atoms with van der Waals surface area (Å²) in [7, 11) is 0. The third-order valence-corrected chi connectivity index (χ3v) is 6.50. The number of fused-ring (bicyclic) bond motifs is 1. The molecule has 1 fully saturated rings. The minimum Gasteiger partial charge on any atom is -0.296 e. The van der Waals surface area contributed by atoms with Gasteiger partial charge in [-0.3, -0.25) is 14.3 Å². The van der Waals surface area contributed by atoms with Gasteiger partial charge in [-0.15, -0.1) is 11.3 Å². The first-order valence-electron chi connectivity index (χ1n) is 9.39. The summed E-state index contributed by atoms with van der Waals surface area (Å²) in [6, 6.07) is 10.4. The summed E-state index contributed by atoms with van der Waals surface area (Å²) >= 11 is 1.65. The van der Waals surface area contributed by atoms with E-state index in [-0.39, 0.29) is 5.56 Å². The molecule has 3 heterocycles. The first-order chi connectivity index (χ1) is 12.6. The van der Waals surface area contributed by atoms with Gasteiger partial charge in [0.2, 0.25) is 0 Å². The molecule has 1 aliphatic heterocycles. The summed E-state index contributed by atoms with van der Waals surface area (Å²) in [6.07, 6.45) is 3.34. The number of hydrogen-bond donors (Lipinski definition) is 0. The fourth-order valence-electron chi connectivity index (χ4n) is 3.75. The first-order valence-corrected chi connectivity index (χ1v) is 10.2. The Morgan fingerprint density at radius 2 is 1.85 bits per heavy atom. The lowest BCUT2D eigenvalue weighted by Gasteiger charge is -2.18. The Labute approximate surface area is 158 Å². The smallest absolute Gasteiger partial charge is 0.262 e. The van der Waals surface area contributed by atoms with Crippen LogP contribution in [-0.4, -0.2) is 27.5 Å². The third kappa shape index (κ3) is 3.33. The van der Waals surface area contributed by atoms with Gasteiger partial charge in [0.1, 0.15) is 10.7 Å². The van der Waals surface area contributed by atoms with Crippen molar-refractivity contribution in [1.29, 1.82) is 0 Å². The Hall–Kier alpha value is -1.98. The van der Waals surface area contributed by atoms with Crippen molar-refractivity contribution in [1.82, 2.24) is 14.5 Å². The van der Waals surface area contributed by atoms with Crippen molar-refractivity contribution < 1.29 is 0 Å². The maximum Gasteiger partial charge on any atom is 0.262 e. The van der Waals surface area contributed by atoms with Crippen LogP contribution in [0.5, 0.6) is 0 Å². The molecule has 5 heteroatoms. The van der Waals surface area contributed by atoms with Gasteiger partial charge >= 0.3 is 0 Å². The lowest BCUT2D eigenvalue weighted by atomic mass is 10.1. The maximum absolute atomic E-state index is 13.3. The first kappa shape index (κ1) is 17.4. The van der Waals surface area contributed by atoms with Crippen LogP contribution in [0.2, 0.25) is 0 Å². The Bertz CT molecular complexity index is 968. The quantitative estimate of drug-likeness (QED) is 0.686. The molecule has 26 heavy (non-hydrogen) atoms. The van der Waals surface area contributed by atoms with Gasteiger partial charge in [-0.25, -0.2) is 4.98 Å². The average molecular weight is 368 g/mol. The van der Waals surface area contributed by atoms with Crippen LogP contribution in [0, 0.1) is 13.8 Å². The van der Waals surface area contributed by atoms with Gasteiger partial charge in [0.05, 0.1) is 11.9 Å². The topological polar surface area (TPSA) is 38.1 Å². The number of aryl methyl sites for hydroxylation is 3. The number of thiophene rings is 1. The normalized spacial score (nSPS) is 15.2. The molecule has 0 aliphatic carbocycles. The molecule has 0 spiro atoms. The fourth-order valence-corrected chi connectivity index (χ4v) is 4.79. The zero-order valence-electron chi connectivity index (χ0n) is 15.5. The van der Waals surface area contributed by atoms with E-state index in [9.17, 15) is 4.79 Å². The van der Waals surface area contributed by atoms with E-state index in [1.807, 2.05) is 17.6 Å². The van der Waals surface area contributed by atoms with E-state index in [2.05, 4.69) is 36.1 Å². The van der Waals surface area contributed by atoms with Crippen LogP contribution in [0.3, 0.4) is 0 Å². The van der Waals surface area contributed by atoms with Crippen molar-refractivity contribution in [3.05, 3.63) is 62.5 Å². The van der Waals surface area contributed by atoms with Crippen LogP contribution in [0.4, 0.5) is 0 Å². The molecule has 0 bridgehead atoms. The lowest BCUT2D eigenvalue weighted by molar-refractivity contribution is 0.314. The van der Waals surface area contributed by atoms with Gasteiger partial charge in [0, 0.05) is 11.4 Å². The number of rotatable bonds is 5. The van der Waals surface area contributed by atoms with Crippen LogP contribution in [-0.2, 0) is 19.5 Å². The average Bonchev–Trinajstić information content (AvgIpc) is 3.24. The monoisotopic (exact) mass is 367 g/mol. The summed E-state index contributed by atoms with van der Waals surface area (Å²) in [5, 5.41) is 0.811. The molecule has 2 aromatic heterocycles. The predicted octanol–water partition coefficient (Wildman–Crippen LogP) is 3.91. The molecular formula is C21H25N3OS. The van der Waals surface area contributed by atoms with E-state index in [0.29, 0.717) is 6.54 Å². The number of likely N-dealkylation sites (tertiary alicyclic amines) is 1. The highest BCUT2D eigenvalue weighted by molar-refractivity contribution is 7.18. The predicted molar refractivity (Wildman–Crippen MR) is 108 cm³/mol. The van der Waals surface area contributed by atoms with Crippen LogP contribution in [0.1, 0.15) is 34.7 Å². The molecule has 0 atom stereocenters. The SMILES string of the molecule is Cc1sc2nc(CN3CCCC3)n(CCc3ccccc3)c(=O)c2c1C. The van der Waals surface area contributed by atoms with Crippen LogP contribution in [0.15, 0.2) is 35.1 Å². The highest BCUT2D eigenvalue weighted by atomic mass is 32.1. The Morgan fingerprint density at radius 3 is 2.58 bits per heavy atom. The third-order valence-electron chi connectivity index (χ3n) is 5.40. The van der Waals surface area contributed by atoms with E-state index in [1.54, 1.807) is 11.3 Å². The molecule has 4 rings (SSSR count). The van der Waals surface area contributed by atoms with Crippen molar-refractivity contribution in [3.63, 3.8) is 0 Å². The van der Waals surface area contributed by atoms with Gasteiger partial charge in [0.25, 0.3) is 5.56 Å². The summed E-state index contributed by atoms with van der Waals surface area (Å²) in [4.78, 5) is 22.7. The molecular weight excluding hydrogens is 342 g/mol. The molecule has 0 amide bonds. The van der Waals surface area contributed by atoms with Gasteiger partial charge in [-0.1, -0.05) is 30.3 Å². The van der Waals surface area contributed by atoms with Crippen LogP contribution >= 0.6 is 11.3 Å². The van der Waals surface area contributed by atoms with Gasteiger partial charge < -0.3 is 0 Å². The van der Waals surface area contributed by atoms with Crippen molar-refractivity contribution in [2.45, 2.75) is 46.2 Å². The number of benzene rings is 1. The van der Waals surface area contributed by atoms with Gasteiger partial charge in [-0.2, -0.15) is 0 Å². The van der Waals surface area contributed by atoms with Crippen molar-refractivity contribution >= 4 is 21.6 Å². The number of aromatic nitrogens is 2. The van der Waals surface area contributed by atoms with E-state index in [1.165, 1.54) is 23.3 Å². The second kappa shape index (κ2) is 7.33. The van der Waals surface area contributed by atoms with E-state index in [4.69, 9.17) is 4.98 Å². The summed E-state index contributed by atoms with van der Waals surface area (Å²) in [5.41, 5.74) is 2.47. The standard InChI is InChI=1S/C21H25N3OS/c1-15-16(2)26-20-19(15)21(25)24(13-10-17-8-4-3-5-9-17)18(22-20)14-23-11-6-7-12-23/h3-5,8-9H,6-7,10-14H2,1-2H3. The number of nitrogens with zero attached hydrogens (tertiary/aromatic N) is 3. The molecule has 1 saturated heterocycles. The Kier molecular flexibility index (Phi) is 4.92. The van der Waals surface area contributed by atoms with Crippen LogP contribution < -0.4 is 5.56 Å². The van der Waals surface area contributed by atoms with Crippen molar-refractivity contribution in [2.24, 2.45) is 0 Å². The van der Waals surface area contributed by atoms with Crippen molar-refractivity contribution in [2.75, 3.05) is 13.1 Å². The molecule has 0 unspecified atom stereocenters. The Balaban J connectivity index is 1.74. The summed E-state index contributed by atoms with van der Waals surface area (Å²) < 4.78 is 1.92. The largest absolute Gasteiger partial charge is 0.296 e. The fraction of sp³-hybridized carbons (Fsp3) is 0.429. The zero-order chi connectivity index (χ0) is 18.1. The minimum atomic E-state index is 0.127. The number of hydrogen-bond acceptors (Lipinski definition) is 4. The molecule has 3 aromatic rings. The van der Waals surface area contributed by atoms with Crippen molar-refractivity contribution in [3.8, 4) is 0 Å². The molecule has 1 aliphatic rings. The second-order valence-corrected chi connectivity index (χ2v) is 8.37. The van der Waals surface area contributed by atoms with Crippen LogP contribution in [0.25, 0.3) is 10.2 Å². The van der Waals surface area contributed by atoms with E-state index < -0.39 is 0 Å². The van der Waals surface area contributed by atoms with Gasteiger partial charge in [0.15, 0.2) is 0 Å². The lowest BCUT2D eigenvalue weighted by Crippen LogP contribution is -2.30. The molecule has 4 nitrogen and oxygen atoms in total. The molecule has 0 radical (unpaired) electrons. The van der Waals surface area contributed by atoms with E-state index >= 15 is 0 Å². The Morgan fingerprint density at radius 1 is 1.12 bits per heavy atom. The highest BCUT2D eigenvalue weighted by Gasteiger charge is 2.19. The van der Waals surface area contributed by atoms with E-state index in [0.717, 1.165) is 47.7 Å². The summed E-state index contributed by atoms with van der Waals surface area (Å²) in [5.74, 6) is 0.918. The maximum atomic E-state index is 13.3. The van der Waals surface area contributed by atoms with Gasteiger partial charge in [-0.05, 0) is 57.3 Å². The zero-order valence-corrected chi connectivity index (χ0v) is 16.3. The molecule has 0 N–H and O–H groups in total. The molecule has 0 saturated carbocycles. The molecule has 1 aromatic carbocycles.